The molecule has 0 aromatic carbocycles. The number of hydrogen-bond donors (Lipinski definition) is 2. The number of rotatable bonds is 4. The molecule has 108 valence electrons. The maximum atomic E-state index is 12.2. The summed E-state index contributed by atoms with van der Waals surface area (Å²) in [5.41, 5.74) is -1.78. The molecule has 1 aliphatic heterocycles. The van der Waals surface area contributed by atoms with E-state index in [-0.39, 0.29) is 5.69 Å². The molecule has 1 aromatic rings. The highest BCUT2D eigenvalue weighted by molar-refractivity contribution is 5.97. The van der Waals surface area contributed by atoms with Gasteiger partial charge in [-0.1, -0.05) is 0 Å². The van der Waals surface area contributed by atoms with E-state index in [0.29, 0.717) is 26.2 Å². The van der Waals surface area contributed by atoms with Gasteiger partial charge in [-0.05, 0) is 0 Å². The fourth-order valence-corrected chi connectivity index (χ4v) is 2.10. The number of pyridine rings is 1. The number of fused-ring (bicyclic) bond motifs is 1. The molecule has 0 bridgehead atoms. The molecule has 8 heteroatoms. The number of carbonyl (C=O) groups excluding carboxylic acids is 1. The average Bonchev–Trinajstić information content (AvgIpc) is 2.41. The number of amides is 1. The van der Waals surface area contributed by atoms with E-state index in [0.717, 1.165) is 6.20 Å². The molecule has 0 unspecified atom stereocenters. The number of aromatic nitrogens is 1. The van der Waals surface area contributed by atoms with E-state index in [4.69, 9.17) is 9.84 Å². The Kier molecular flexibility index (Phi) is 3.75. The molecule has 0 fully saturated rings. The summed E-state index contributed by atoms with van der Waals surface area (Å²) >= 11 is 0. The Bertz CT molecular complexity index is 621. The van der Waals surface area contributed by atoms with E-state index >= 15 is 0 Å². The van der Waals surface area contributed by atoms with Crippen LogP contribution in [0.4, 0.5) is 0 Å². The van der Waals surface area contributed by atoms with Crippen LogP contribution < -0.4 is 5.43 Å². The van der Waals surface area contributed by atoms with Gasteiger partial charge in [-0.3, -0.25) is 9.59 Å². The number of carboxylic acid groups (broad SMARTS) is 1. The molecule has 0 atom stereocenters. The average molecular weight is 282 g/mol. The van der Waals surface area contributed by atoms with Crippen molar-refractivity contribution in [3.05, 3.63) is 27.7 Å². The minimum atomic E-state index is -1.44. The van der Waals surface area contributed by atoms with Crippen LogP contribution in [0.15, 0.2) is 11.0 Å². The molecular formula is C12H14N2O6. The Morgan fingerprint density at radius 1 is 1.40 bits per heavy atom. The fourth-order valence-electron chi connectivity index (χ4n) is 2.10. The first-order valence-electron chi connectivity index (χ1n) is 5.95. The second-order valence-electron chi connectivity index (χ2n) is 4.35. The van der Waals surface area contributed by atoms with Crippen molar-refractivity contribution in [1.82, 2.24) is 9.47 Å². The smallest absolute Gasteiger partial charge is 0.341 e. The quantitative estimate of drug-likeness (QED) is 0.760. The first-order valence-corrected chi connectivity index (χ1v) is 5.95. The van der Waals surface area contributed by atoms with E-state index < -0.39 is 28.6 Å². The van der Waals surface area contributed by atoms with Gasteiger partial charge in [-0.15, -0.1) is 0 Å². The van der Waals surface area contributed by atoms with Crippen LogP contribution >= 0.6 is 0 Å². The van der Waals surface area contributed by atoms with Crippen LogP contribution in [0.1, 0.15) is 20.8 Å². The second-order valence-corrected chi connectivity index (χ2v) is 4.35. The molecule has 2 heterocycles. The standard InChI is InChI=1S/C12H14N2O6/c1-20-5-4-13-2-3-14-6-7(12(18)19)9(15)10(16)8(14)11(13)17/h6,16H,2-5H2,1H3,(H,18,19). The molecule has 1 amide bonds. The summed E-state index contributed by atoms with van der Waals surface area (Å²) < 4.78 is 6.18. The second kappa shape index (κ2) is 5.33. The Morgan fingerprint density at radius 2 is 2.10 bits per heavy atom. The lowest BCUT2D eigenvalue weighted by Gasteiger charge is -2.30. The summed E-state index contributed by atoms with van der Waals surface area (Å²) in [4.78, 5) is 36.2. The zero-order chi connectivity index (χ0) is 14.9. The third-order valence-corrected chi connectivity index (χ3v) is 3.15. The summed E-state index contributed by atoms with van der Waals surface area (Å²) in [5.74, 6) is -2.77. The highest BCUT2D eigenvalue weighted by Gasteiger charge is 2.30. The van der Waals surface area contributed by atoms with Crippen LogP contribution in [0.5, 0.6) is 5.75 Å². The Hall–Kier alpha value is -2.35. The van der Waals surface area contributed by atoms with Crippen molar-refractivity contribution in [1.29, 1.82) is 0 Å². The van der Waals surface area contributed by atoms with Crippen LogP contribution in [0, 0.1) is 0 Å². The van der Waals surface area contributed by atoms with Gasteiger partial charge in [0, 0.05) is 32.9 Å². The van der Waals surface area contributed by atoms with Crippen LogP contribution in [0.2, 0.25) is 0 Å². The molecule has 0 aliphatic carbocycles. The number of aromatic hydroxyl groups is 1. The molecule has 0 spiro atoms. The number of aromatic carboxylic acids is 1. The summed E-state index contributed by atoms with van der Waals surface area (Å²) in [6.45, 7) is 1.34. The number of nitrogens with zero attached hydrogens (tertiary/aromatic N) is 2. The SMILES string of the molecule is COCCN1CCn2cc(C(=O)O)c(=O)c(O)c2C1=O. The number of carbonyl (C=O) groups is 2. The molecule has 20 heavy (non-hydrogen) atoms. The number of methoxy groups -OCH3 is 1. The molecule has 2 N–H and O–H groups in total. The molecule has 8 nitrogen and oxygen atoms in total. The topological polar surface area (TPSA) is 109 Å². The van der Waals surface area contributed by atoms with Gasteiger partial charge in [-0.2, -0.15) is 0 Å². The molecule has 1 aromatic heterocycles. The number of carboxylic acids is 1. The lowest BCUT2D eigenvalue weighted by molar-refractivity contribution is 0.0625. The summed E-state index contributed by atoms with van der Waals surface area (Å²) in [6, 6.07) is 0. The number of ether oxygens (including phenoxy) is 1. The van der Waals surface area contributed by atoms with Gasteiger partial charge < -0.3 is 24.4 Å². The van der Waals surface area contributed by atoms with Crippen LogP contribution in [-0.4, -0.2) is 58.4 Å². The summed E-state index contributed by atoms with van der Waals surface area (Å²) in [7, 11) is 1.50. The van der Waals surface area contributed by atoms with Gasteiger partial charge in [0.15, 0.2) is 11.4 Å². The largest absolute Gasteiger partial charge is 0.503 e. The van der Waals surface area contributed by atoms with Gasteiger partial charge in [-0.25, -0.2) is 4.79 Å². The fraction of sp³-hybridized carbons (Fsp3) is 0.417. The minimum Gasteiger partial charge on any atom is -0.503 e. The van der Waals surface area contributed by atoms with Crippen molar-refractivity contribution in [2.45, 2.75) is 6.54 Å². The molecule has 1 aliphatic rings. The highest BCUT2D eigenvalue weighted by atomic mass is 16.5. The van der Waals surface area contributed by atoms with E-state index in [1.807, 2.05) is 0 Å². The monoisotopic (exact) mass is 282 g/mol. The van der Waals surface area contributed by atoms with Gasteiger partial charge in [0.25, 0.3) is 5.91 Å². The zero-order valence-electron chi connectivity index (χ0n) is 10.8. The van der Waals surface area contributed by atoms with Gasteiger partial charge in [0.2, 0.25) is 5.43 Å². The minimum absolute atomic E-state index is 0.178. The van der Waals surface area contributed by atoms with Crippen molar-refractivity contribution >= 4 is 11.9 Å². The molecular weight excluding hydrogens is 268 g/mol. The van der Waals surface area contributed by atoms with Crippen molar-refractivity contribution in [3.63, 3.8) is 0 Å². The normalized spacial score (nSPS) is 14.2. The molecule has 0 saturated heterocycles. The van der Waals surface area contributed by atoms with Gasteiger partial charge in [0.05, 0.1) is 6.61 Å². The maximum Gasteiger partial charge on any atom is 0.341 e. The van der Waals surface area contributed by atoms with Crippen molar-refractivity contribution in [2.75, 3.05) is 26.8 Å². The van der Waals surface area contributed by atoms with Crippen molar-refractivity contribution in [3.8, 4) is 5.75 Å². The third kappa shape index (κ3) is 2.25. The van der Waals surface area contributed by atoms with E-state index in [1.54, 1.807) is 0 Å². The van der Waals surface area contributed by atoms with Gasteiger partial charge in [0.1, 0.15) is 5.56 Å². The summed E-state index contributed by atoms with van der Waals surface area (Å²) in [5, 5.41) is 18.7. The van der Waals surface area contributed by atoms with Crippen LogP contribution in [0.3, 0.4) is 0 Å². The molecule has 2 rings (SSSR count). The highest BCUT2D eigenvalue weighted by Crippen LogP contribution is 2.20. The Labute approximate surface area is 113 Å². The third-order valence-electron chi connectivity index (χ3n) is 3.15. The van der Waals surface area contributed by atoms with E-state index in [9.17, 15) is 19.5 Å². The summed E-state index contributed by atoms with van der Waals surface area (Å²) in [6.07, 6.45) is 1.09. The first-order chi connectivity index (χ1) is 9.47. The maximum absolute atomic E-state index is 12.2. The Balaban J connectivity index is 2.46. The van der Waals surface area contributed by atoms with Crippen molar-refractivity contribution in [2.24, 2.45) is 0 Å². The predicted octanol–water partition coefficient (Wildman–Crippen LogP) is -0.646. The van der Waals surface area contributed by atoms with E-state index in [2.05, 4.69) is 0 Å². The van der Waals surface area contributed by atoms with Gasteiger partial charge >= 0.3 is 5.97 Å². The zero-order valence-corrected chi connectivity index (χ0v) is 10.8. The van der Waals surface area contributed by atoms with Crippen molar-refractivity contribution < 1.29 is 24.5 Å². The number of hydrogen-bond acceptors (Lipinski definition) is 5. The van der Waals surface area contributed by atoms with Crippen LogP contribution in [-0.2, 0) is 11.3 Å². The molecule has 0 radical (unpaired) electrons. The van der Waals surface area contributed by atoms with E-state index in [1.165, 1.54) is 16.6 Å². The van der Waals surface area contributed by atoms with Crippen LogP contribution in [0.25, 0.3) is 0 Å². The lowest BCUT2D eigenvalue weighted by atomic mass is 10.1. The Morgan fingerprint density at radius 3 is 2.70 bits per heavy atom. The lowest BCUT2D eigenvalue weighted by Crippen LogP contribution is -2.43. The molecule has 0 saturated carbocycles. The first kappa shape index (κ1) is 14.1. The predicted molar refractivity (Wildman–Crippen MR) is 67.1 cm³/mol.